The second-order valence-electron chi connectivity index (χ2n) is 8.96. The lowest BCUT2D eigenvalue weighted by molar-refractivity contribution is -0.348. The van der Waals surface area contributed by atoms with Crippen molar-refractivity contribution in [3.63, 3.8) is 0 Å². The molecule has 12 heteroatoms. The lowest BCUT2D eigenvalue weighted by Gasteiger charge is -2.30. The van der Waals surface area contributed by atoms with Crippen molar-refractivity contribution in [2.75, 3.05) is 17.3 Å². The molecule has 0 bridgehead atoms. The maximum absolute atomic E-state index is 14.4. The first-order valence-corrected chi connectivity index (χ1v) is 11.9. The van der Waals surface area contributed by atoms with Gasteiger partial charge in [0.2, 0.25) is 0 Å². The molecule has 0 atom stereocenters. The van der Waals surface area contributed by atoms with Crippen LogP contribution in [0.2, 0.25) is 0 Å². The van der Waals surface area contributed by atoms with Crippen LogP contribution in [0.1, 0.15) is 51.3 Å². The number of amides is 2. The third-order valence-electron chi connectivity index (χ3n) is 5.28. The third kappa shape index (κ3) is 6.13. The van der Waals surface area contributed by atoms with E-state index in [2.05, 4.69) is 10.6 Å². The summed E-state index contributed by atoms with van der Waals surface area (Å²) in [4.78, 5) is 25.9. The molecule has 0 aliphatic carbocycles. The zero-order chi connectivity index (χ0) is 27.7. The fourth-order valence-corrected chi connectivity index (χ4v) is 4.31. The number of hydrogen-bond acceptors (Lipinski definition) is 3. The summed E-state index contributed by atoms with van der Waals surface area (Å²) in [6.07, 6.45) is -10.6. The summed E-state index contributed by atoms with van der Waals surface area (Å²) >= 11 is 1.51. The Morgan fingerprint density at radius 3 is 1.92 bits per heavy atom. The van der Waals surface area contributed by atoms with Crippen molar-refractivity contribution >= 4 is 29.3 Å². The van der Waals surface area contributed by atoms with E-state index in [0.29, 0.717) is 23.4 Å². The fourth-order valence-electron chi connectivity index (χ4n) is 3.51. The van der Waals surface area contributed by atoms with Gasteiger partial charge in [-0.2, -0.15) is 38.1 Å². The van der Waals surface area contributed by atoms with Crippen LogP contribution in [-0.2, 0) is 5.67 Å². The maximum atomic E-state index is 14.4. The van der Waals surface area contributed by atoms with Gasteiger partial charge < -0.3 is 10.6 Å². The minimum absolute atomic E-state index is 0.0264. The number of thioether (sulfide) groups is 1. The molecule has 0 saturated carbocycles. The molecule has 2 rings (SSSR count). The Morgan fingerprint density at radius 1 is 0.833 bits per heavy atom. The Hall–Kier alpha value is -2.76. The smallest absolute Gasteiger partial charge is 0.346 e. The monoisotopic (exact) mass is 538 g/mol. The first-order chi connectivity index (χ1) is 16.3. The molecule has 0 unspecified atom stereocenters. The highest BCUT2D eigenvalue weighted by molar-refractivity contribution is 7.98. The summed E-state index contributed by atoms with van der Waals surface area (Å²) < 4.78 is 92.8. The number of halogens is 7. The number of rotatable bonds is 7. The van der Waals surface area contributed by atoms with Crippen LogP contribution in [0, 0.1) is 13.8 Å². The van der Waals surface area contributed by atoms with Crippen LogP contribution in [0.15, 0.2) is 36.4 Å². The highest BCUT2D eigenvalue weighted by Gasteiger charge is 2.73. The van der Waals surface area contributed by atoms with Gasteiger partial charge in [-0.05, 0) is 57.7 Å². The van der Waals surface area contributed by atoms with Crippen molar-refractivity contribution in [1.29, 1.82) is 0 Å². The topological polar surface area (TPSA) is 58.2 Å². The van der Waals surface area contributed by atoms with Crippen molar-refractivity contribution in [2.24, 2.45) is 0 Å². The molecule has 0 aliphatic rings. The number of anilines is 1. The predicted octanol–water partition coefficient (Wildman–Crippen LogP) is 6.72. The predicted molar refractivity (Wildman–Crippen MR) is 125 cm³/mol. The highest BCUT2D eigenvalue weighted by Crippen LogP contribution is 2.53. The van der Waals surface area contributed by atoms with E-state index >= 15 is 0 Å². The summed E-state index contributed by atoms with van der Waals surface area (Å²) in [6.45, 7) is 6.40. The van der Waals surface area contributed by atoms with Crippen molar-refractivity contribution < 1.29 is 40.3 Å². The molecule has 4 nitrogen and oxygen atoms in total. The van der Waals surface area contributed by atoms with E-state index in [1.54, 1.807) is 26.8 Å². The molecule has 0 radical (unpaired) electrons. The Morgan fingerprint density at radius 2 is 1.42 bits per heavy atom. The average Bonchev–Trinajstić information content (AvgIpc) is 2.72. The normalized spacial score (nSPS) is 12.9. The molecule has 198 valence electrons. The van der Waals surface area contributed by atoms with E-state index in [9.17, 15) is 40.3 Å². The molecular weight excluding hydrogens is 513 g/mol. The van der Waals surface area contributed by atoms with Crippen molar-refractivity contribution in [3.05, 3.63) is 64.2 Å². The van der Waals surface area contributed by atoms with E-state index in [0.717, 1.165) is 13.0 Å². The number of nitrogens with one attached hydrogen (secondary N) is 2. The molecule has 2 aromatic rings. The Bertz CT molecular complexity index is 1130. The molecule has 2 amide bonds. The van der Waals surface area contributed by atoms with Crippen molar-refractivity contribution in [2.45, 2.75) is 51.3 Å². The zero-order valence-corrected chi connectivity index (χ0v) is 20.9. The summed E-state index contributed by atoms with van der Waals surface area (Å²) in [5, 5.41) is 5.21. The Kier molecular flexibility index (Phi) is 8.44. The van der Waals surface area contributed by atoms with E-state index < -0.39 is 40.9 Å². The van der Waals surface area contributed by atoms with E-state index in [1.807, 2.05) is 6.26 Å². The number of benzene rings is 2. The first kappa shape index (κ1) is 29.5. The lowest BCUT2D eigenvalue weighted by Crippen LogP contribution is -2.50. The molecule has 36 heavy (non-hydrogen) atoms. The Balaban J connectivity index is 2.42. The highest BCUT2D eigenvalue weighted by atomic mass is 32.2. The number of aryl methyl sites for hydroxylation is 2. The first-order valence-electron chi connectivity index (χ1n) is 10.5. The largest absolute Gasteiger partial charge is 0.435 e. The van der Waals surface area contributed by atoms with Gasteiger partial charge in [-0.15, -0.1) is 0 Å². The second-order valence-corrected chi connectivity index (χ2v) is 9.82. The van der Waals surface area contributed by atoms with Gasteiger partial charge in [0, 0.05) is 22.5 Å². The number of carbonyl (C=O) groups excluding carboxylic acids is 2. The van der Waals surface area contributed by atoms with Gasteiger partial charge in [-0.3, -0.25) is 9.59 Å². The number of hydrogen-bond donors (Lipinski definition) is 2. The average molecular weight is 539 g/mol. The second kappa shape index (κ2) is 10.3. The molecule has 2 N–H and O–H groups in total. The van der Waals surface area contributed by atoms with Crippen LogP contribution in [0.3, 0.4) is 0 Å². The molecule has 2 aromatic carbocycles. The third-order valence-corrected chi connectivity index (χ3v) is 6.29. The van der Waals surface area contributed by atoms with Gasteiger partial charge >= 0.3 is 18.0 Å². The van der Waals surface area contributed by atoms with Crippen LogP contribution in [-0.4, -0.2) is 41.7 Å². The van der Waals surface area contributed by atoms with Crippen LogP contribution in [0.25, 0.3) is 0 Å². The van der Waals surface area contributed by atoms with Gasteiger partial charge in [-0.25, -0.2) is 4.39 Å². The van der Waals surface area contributed by atoms with Gasteiger partial charge in [-0.1, -0.05) is 23.8 Å². The summed E-state index contributed by atoms with van der Waals surface area (Å²) in [5.74, 6) is -0.770. The minimum Gasteiger partial charge on any atom is -0.346 e. The van der Waals surface area contributed by atoms with E-state index in [-0.39, 0.29) is 22.4 Å². The fraction of sp³-hybridized carbons (Fsp3) is 0.417. The minimum atomic E-state index is -6.25. The maximum Gasteiger partial charge on any atom is 0.435 e. The SMILES string of the molecule is CSCC(C)(C)NC(=O)c1ccc(C)cc1C(=O)Nc1ccc(C(F)(C(F)(F)F)C(F)(F)F)cc1C. The lowest BCUT2D eigenvalue weighted by atomic mass is 9.92. The summed E-state index contributed by atoms with van der Waals surface area (Å²) in [5.41, 5.74) is -7.63. The van der Waals surface area contributed by atoms with Gasteiger partial charge in [0.1, 0.15) is 0 Å². The quantitative estimate of drug-likeness (QED) is 0.385. The van der Waals surface area contributed by atoms with Crippen LogP contribution < -0.4 is 10.6 Å². The number of carbonyl (C=O) groups is 2. The molecular formula is C24H25F7N2O2S. The van der Waals surface area contributed by atoms with Crippen LogP contribution >= 0.6 is 11.8 Å². The molecule has 0 aliphatic heterocycles. The summed E-state index contributed by atoms with van der Waals surface area (Å²) in [7, 11) is 0. The van der Waals surface area contributed by atoms with Gasteiger partial charge in [0.25, 0.3) is 11.8 Å². The molecule has 0 fully saturated rings. The number of alkyl halides is 7. The molecule has 0 spiro atoms. The standard InChI is InChI=1S/C24H25F7N2O2S/c1-13-6-8-16(20(35)33-21(3,4)12-36-5)17(10-13)19(34)32-18-9-7-15(11-14(18)2)22(25,23(26,27)28)24(29,30)31/h6-11H,12H2,1-5H3,(H,32,34)(H,33,35). The van der Waals surface area contributed by atoms with Crippen molar-refractivity contribution in [3.8, 4) is 0 Å². The van der Waals surface area contributed by atoms with Crippen molar-refractivity contribution in [1.82, 2.24) is 5.32 Å². The van der Waals surface area contributed by atoms with Gasteiger partial charge in [0.15, 0.2) is 0 Å². The van der Waals surface area contributed by atoms with Crippen LogP contribution in [0.5, 0.6) is 0 Å². The Labute approximate surface area is 208 Å². The van der Waals surface area contributed by atoms with Gasteiger partial charge in [0.05, 0.1) is 11.1 Å². The van der Waals surface area contributed by atoms with E-state index in [1.165, 1.54) is 23.9 Å². The molecule has 0 heterocycles. The molecule has 0 aromatic heterocycles. The van der Waals surface area contributed by atoms with E-state index in [4.69, 9.17) is 0 Å². The molecule has 0 saturated heterocycles. The zero-order valence-electron chi connectivity index (χ0n) is 20.0. The summed E-state index contributed by atoms with van der Waals surface area (Å²) in [6, 6.07) is 5.93. The van der Waals surface area contributed by atoms with Crippen LogP contribution in [0.4, 0.5) is 36.4 Å².